The maximum absolute atomic E-state index is 11.4. The molecule has 0 aliphatic heterocycles. The van der Waals surface area contributed by atoms with Crippen LogP contribution in [0.3, 0.4) is 0 Å². The average Bonchev–Trinajstić information content (AvgIpc) is 2.50. The SMILES string of the molecule is CCNC(=O)C(Cl)c1ccsc1C. The average molecular weight is 218 g/mol. The summed E-state index contributed by atoms with van der Waals surface area (Å²) in [6, 6.07) is 1.90. The van der Waals surface area contributed by atoms with E-state index in [4.69, 9.17) is 11.6 Å². The Kier molecular flexibility index (Phi) is 3.75. The zero-order valence-electron chi connectivity index (χ0n) is 7.63. The van der Waals surface area contributed by atoms with Crippen molar-refractivity contribution < 1.29 is 4.79 Å². The second kappa shape index (κ2) is 4.63. The number of carbonyl (C=O) groups is 1. The van der Waals surface area contributed by atoms with Crippen molar-refractivity contribution in [3.8, 4) is 0 Å². The fourth-order valence-corrected chi connectivity index (χ4v) is 2.18. The van der Waals surface area contributed by atoms with Gasteiger partial charge in [-0.15, -0.1) is 22.9 Å². The van der Waals surface area contributed by atoms with Crippen LogP contribution in [0.2, 0.25) is 0 Å². The van der Waals surface area contributed by atoms with Gasteiger partial charge in [0, 0.05) is 11.4 Å². The van der Waals surface area contributed by atoms with Crippen LogP contribution in [-0.2, 0) is 4.79 Å². The van der Waals surface area contributed by atoms with Gasteiger partial charge in [0.05, 0.1) is 0 Å². The van der Waals surface area contributed by atoms with Gasteiger partial charge >= 0.3 is 0 Å². The van der Waals surface area contributed by atoms with Crippen LogP contribution in [0, 0.1) is 6.92 Å². The van der Waals surface area contributed by atoms with Crippen LogP contribution >= 0.6 is 22.9 Å². The maximum Gasteiger partial charge on any atom is 0.242 e. The lowest BCUT2D eigenvalue weighted by atomic mass is 10.2. The van der Waals surface area contributed by atoms with Crippen LogP contribution in [0.5, 0.6) is 0 Å². The molecule has 1 N–H and O–H groups in total. The van der Waals surface area contributed by atoms with E-state index in [2.05, 4.69) is 5.32 Å². The highest BCUT2D eigenvalue weighted by atomic mass is 35.5. The summed E-state index contributed by atoms with van der Waals surface area (Å²) in [6.07, 6.45) is 0. The molecule has 1 heterocycles. The molecular formula is C9H12ClNOS. The number of alkyl halides is 1. The summed E-state index contributed by atoms with van der Waals surface area (Å²) in [7, 11) is 0. The molecule has 1 amide bonds. The Balaban J connectivity index is 2.73. The summed E-state index contributed by atoms with van der Waals surface area (Å²) in [5.74, 6) is -0.120. The van der Waals surface area contributed by atoms with E-state index in [1.54, 1.807) is 11.3 Å². The Morgan fingerprint density at radius 2 is 2.46 bits per heavy atom. The molecule has 1 unspecified atom stereocenters. The molecule has 4 heteroatoms. The summed E-state index contributed by atoms with van der Waals surface area (Å²) in [5.41, 5.74) is 0.914. The molecule has 1 rings (SSSR count). The van der Waals surface area contributed by atoms with Crippen LogP contribution in [0.15, 0.2) is 11.4 Å². The number of hydrogen-bond donors (Lipinski definition) is 1. The summed E-state index contributed by atoms with van der Waals surface area (Å²) in [6.45, 7) is 4.46. The zero-order chi connectivity index (χ0) is 9.84. The minimum absolute atomic E-state index is 0.120. The topological polar surface area (TPSA) is 29.1 Å². The molecule has 1 atom stereocenters. The van der Waals surface area contributed by atoms with E-state index in [-0.39, 0.29) is 5.91 Å². The van der Waals surface area contributed by atoms with Gasteiger partial charge in [-0.1, -0.05) is 0 Å². The van der Waals surface area contributed by atoms with Crippen molar-refractivity contribution in [1.82, 2.24) is 5.32 Å². The van der Waals surface area contributed by atoms with Crippen molar-refractivity contribution in [2.45, 2.75) is 19.2 Å². The number of rotatable bonds is 3. The van der Waals surface area contributed by atoms with E-state index in [0.717, 1.165) is 10.4 Å². The number of amides is 1. The van der Waals surface area contributed by atoms with Gasteiger partial charge in [-0.2, -0.15) is 0 Å². The Bertz CT molecular complexity index is 298. The highest BCUT2D eigenvalue weighted by Gasteiger charge is 2.18. The van der Waals surface area contributed by atoms with Crippen molar-refractivity contribution in [1.29, 1.82) is 0 Å². The van der Waals surface area contributed by atoms with Gasteiger partial charge in [-0.05, 0) is 30.9 Å². The number of likely N-dealkylation sites (N-methyl/N-ethyl adjacent to an activating group) is 1. The predicted molar refractivity (Wildman–Crippen MR) is 56.3 cm³/mol. The van der Waals surface area contributed by atoms with Gasteiger partial charge in [0.2, 0.25) is 5.91 Å². The molecule has 13 heavy (non-hydrogen) atoms. The molecule has 0 aliphatic carbocycles. The van der Waals surface area contributed by atoms with Gasteiger partial charge < -0.3 is 5.32 Å². The lowest BCUT2D eigenvalue weighted by molar-refractivity contribution is -0.120. The van der Waals surface area contributed by atoms with Crippen molar-refractivity contribution in [3.05, 3.63) is 21.9 Å². The molecular weight excluding hydrogens is 206 g/mol. The van der Waals surface area contributed by atoms with E-state index in [0.29, 0.717) is 6.54 Å². The first-order valence-corrected chi connectivity index (χ1v) is 5.44. The summed E-state index contributed by atoms with van der Waals surface area (Å²) in [5, 5.41) is 4.09. The zero-order valence-corrected chi connectivity index (χ0v) is 9.21. The molecule has 2 nitrogen and oxygen atoms in total. The molecule has 0 saturated carbocycles. The number of hydrogen-bond acceptors (Lipinski definition) is 2. The van der Waals surface area contributed by atoms with Gasteiger partial charge in [0.15, 0.2) is 0 Å². The van der Waals surface area contributed by atoms with E-state index in [1.807, 2.05) is 25.3 Å². The normalized spacial score (nSPS) is 12.5. The smallest absolute Gasteiger partial charge is 0.242 e. The Morgan fingerprint density at radius 1 is 1.77 bits per heavy atom. The van der Waals surface area contributed by atoms with Crippen molar-refractivity contribution in [3.63, 3.8) is 0 Å². The summed E-state index contributed by atoms with van der Waals surface area (Å²) >= 11 is 7.58. The molecule has 0 radical (unpaired) electrons. The highest BCUT2D eigenvalue weighted by molar-refractivity contribution is 7.10. The van der Waals surface area contributed by atoms with E-state index in [1.165, 1.54) is 0 Å². The van der Waals surface area contributed by atoms with Crippen molar-refractivity contribution in [2.75, 3.05) is 6.54 Å². The molecule has 72 valence electrons. The third-order valence-electron chi connectivity index (χ3n) is 1.75. The molecule has 0 aromatic carbocycles. The number of aryl methyl sites for hydroxylation is 1. The lowest BCUT2D eigenvalue weighted by Crippen LogP contribution is -2.26. The second-order valence-electron chi connectivity index (χ2n) is 2.69. The minimum atomic E-state index is -0.550. The van der Waals surface area contributed by atoms with Crippen molar-refractivity contribution in [2.24, 2.45) is 0 Å². The molecule has 0 spiro atoms. The van der Waals surface area contributed by atoms with Crippen LogP contribution in [0.4, 0.5) is 0 Å². The second-order valence-corrected chi connectivity index (χ2v) is 4.25. The molecule has 1 aromatic heterocycles. The Labute approximate surface area is 86.9 Å². The monoisotopic (exact) mass is 217 g/mol. The molecule has 0 aliphatic rings. The standard InChI is InChI=1S/C9H12ClNOS/c1-3-11-9(12)8(10)7-4-5-13-6(7)2/h4-5,8H,3H2,1-2H3,(H,11,12). The lowest BCUT2D eigenvalue weighted by Gasteiger charge is -2.08. The number of carbonyl (C=O) groups excluding carboxylic acids is 1. The first-order valence-electron chi connectivity index (χ1n) is 4.12. The highest BCUT2D eigenvalue weighted by Crippen LogP contribution is 2.27. The summed E-state index contributed by atoms with van der Waals surface area (Å²) < 4.78 is 0. The first-order chi connectivity index (χ1) is 6.16. The Hall–Kier alpha value is -0.540. The predicted octanol–water partition coefficient (Wildman–Crippen LogP) is 2.47. The Morgan fingerprint density at radius 3 is 2.92 bits per heavy atom. The number of thiophene rings is 1. The third kappa shape index (κ3) is 2.45. The minimum Gasteiger partial charge on any atom is -0.355 e. The van der Waals surface area contributed by atoms with Crippen LogP contribution in [0.1, 0.15) is 22.7 Å². The van der Waals surface area contributed by atoms with Gasteiger partial charge in [-0.3, -0.25) is 4.79 Å². The maximum atomic E-state index is 11.4. The van der Waals surface area contributed by atoms with E-state index in [9.17, 15) is 4.79 Å². The van der Waals surface area contributed by atoms with Crippen LogP contribution in [-0.4, -0.2) is 12.5 Å². The molecule has 0 bridgehead atoms. The summed E-state index contributed by atoms with van der Waals surface area (Å²) in [4.78, 5) is 12.5. The molecule has 1 aromatic rings. The molecule has 0 saturated heterocycles. The van der Waals surface area contributed by atoms with Gasteiger partial charge in [-0.25, -0.2) is 0 Å². The van der Waals surface area contributed by atoms with Gasteiger partial charge in [0.1, 0.15) is 5.38 Å². The van der Waals surface area contributed by atoms with Crippen LogP contribution in [0.25, 0.3) is 0 Å². The van der Waals surface area contributed by atoms with Crippen LogP contribution < -0.4 is 5.32 Å². The first kappa shape index (κ1) is 10.5. The molecule has 0 fully saturated rings. The largest absolute Gasteiger partial charge is 0.355 e. The number of halogens is 1. The van der Waals surface area contributed by atoms with E-state index >= 15 is 0 Å². The van der Waals surface area contributed by atoms with E-state index < -0.39 is 5.38 Å². The van der Waals surface area contributed by atoms with Gasteiger partial charge in [0.25, 0.3) is 0 Å². The third-order valence-corrected chi connectivity index (χ3v) is 3.05. The van der Waals surface area contributed by atoms with Crippen molar-refractivity contribution >= 4 is 28.8 Å². The number of nitrogens with one attached hydrogen (secondary N) is 1. The quantitative estimate of drug-likeness (QED) is 0.775. The fourth-order valence-electron chi connectivity index (χ4n) is 1.06. The fraction of sp³-hybridized carbons (Fsp3) is 0.444.